The molecule has 6 nitrogen and oxygen atoms in total. The molecular formula is C13H23N5O. The highest BCUT2D eigenvalue weighted by Crippen LogP contribution is 2.23. The van der Waals surface area contributed by atoms with Gasteiger partial charge in [0.15, 0.2) is 5.84 Å². The van der Waals surface area contributed by atoms with Crippen LogP contribution in [0, 0.1) is 0 Å². The van der Waals surface area contributed by atoms with E-state index in [0.717, 1.165) is 19.5 Å². The lowest BCUT2D eigenvalue weighted by Gasteiger charge is -2.28. The number of amidine groups is 1. The normalized spacial score (nSPS) is 17.4. The highest BCUT2D eigenvalue weighted by Gasteiger charge is 2.22. The molecule has 1 aromatic rings. The number of nitrogens with two attached hydrogens (primary N) is 1. The first kappa shape index (κ1) is 13.9. The third kappa shape index (κ3) is 4.24. The number of aryl methyl sites for hydroxylation is 1. The summed E-state index contributed by atoms with van der Waals surface area (Å²) >= 11 is 0. The number of oxime groups is 1. The van der Waals surface area contributed by atoms with Crippen LogP contribution in [0.4, 0.5) is 0 Å². The summed E-state index contributed by atoms with van der Waals surface area (Å²) in [6.45, 7) is 2.49. The third-order valence-electron chi connectivity index (χ3n) is 3.76. The van der Waals surface area contributed by atoms with Crippen LogP contribution in [-0.2, 0) is 6.54 Å². The lowest BCUT2D eigenvalue weighted by atomic mass is 10.2. The lowest BCUT2D eigenvalue weighted by molar-refractivity contribution is 0.216. The number of rotatable bonds is 7. The van der Waals surface area contributed by atoms with E-state index < -0.39 is 0 Å². The fraction of sp³-hybridized carbons (Fsp3) is 0.692. The molecule has 0 spiro atoms. The van der Waals surface area contributed by atoms with E-state index in [1.807, 2.05) is 12.5 Å². The van der Waals surface area contributed by atoms with Gasteiger partial charge in [-0.25, -0.2) is 4.98 Å². The van der Waals surface area contributed by atoms with Gasteiger partial charge in [0.2, 0.25) is 0 Å². The van der Waals surface area contributed by atoms with E-state index in [-0.39, 0.29) is 0 Å². The second-order valence-corrected chi connectivity index (χ2v) is 5.15. The summed E-state index contributed by atoms with van der Waals surface area (Å²) in [7, 11) is 0. The molecule has 1 aromatic heterocycles. The molecule has 0 radical (unpaired) electrons. The van der Waals surface area contributed by atoms with Crippen LogP contribution in [-0.4, -0.2) is 44.6 Å². The van der Waals surface area contributed by atoms with Crippen molar-refractivity contribution in [2.24, 2.45) is 10.9 Å². The smallest absolute Gasteiger partial charge is 0.153 e. The van der Waals surface area contributed by atoms with Gasteiger partial charge in [0.05, 0.1) is 12.9 Å². The number of hydrogen-bond donors (Lipinski definition) is 2. The minimum absolute atomic E-state index is 0.300. The Morgan fingerprint density at radius 2 is 2.26 bits per heavy atom. The van der Waals surface area contributed by atoms with Gasteiger partial charge in [-0.15, -0.1) is 0 Å². The van der Waals surface area contributed by atoms with Gasteiger partial charge in [-0.2, -0.15) is 0 Å². The van der Waals surface area contributed by atoms with Crippen LogP contribution in [0.15, 0.2) is 23.9 Å². The average Bonchev–Trinajstić information content (AvgIpc) is 3.10. The van der Waals surface area contributed by atoms with Crippen molar-refractivity contribution in [1.82, 2.24) is 14.5 Å². The second-order valence-electron chi connectivity index (χ2n) is 5.15. The van der Waals surface area contributed by atoms with E-state index in [1.54, 1.807) is 6.20 Å². The summed E-state index contributed by atoms with van der Waals surface area (Å²) < 4.78 is 2.08. The zero-order chi connectivity index (χ0) is 13.5. The molecule has 1 fully saturated rings. The first-order chi connectivity index (χ1) is 9.29. The van der Waals surface area contributed by atoms with E-state index in [9.17, 15) is 0 Å². The van der Waals surface area contributed by atoms with Crippen molar-refractivity contribution in [3.63, 3.8) is 0 Å². The summed E-state index contributed by atoms with van der Waals surface area (Å²) in [5.41, 5.74) is 5.65. The van der Waals surface area contributed by atoms with Crippen LogP contribution >= 0.6 is 0 Å². The molecule has 0 unspecified atom stereocenters. The van der Waals surface area contributed by atoms with Crippen LogP contribution in [0.3, 0.4) is 0 Å². The van der Waals surface area contributed by atoms with E-state index >= 15 is 0 Å². The van der Waals surface area contributed by atoms with E-state index in [4.69, 9.17) is 10.9 Å². The first-order valence-corrected chi connectivity index (χ1v) is 6.96. The van der Waals surface area contributed by atoms with Gasteiger partial charge >= 0.3 is 0 Å². The van der Waals surface area contributed by atoms with Crippen molar-refractivity contribution in [2.75, 3.05) is 13.1 Å². The highest BCUT2D eigenvalue weighted by molar-refractivity contribution is 5.81. The molecule has 19 heavy (non-hydrogen) atoms. The summed E-state index contributed by atoms with van der Waals surface area (Å²) in [6, 6.07) is 0.586. The largest absolute Gasteiger partial charge is 0.409 e. The predicted molar refractivity (Wildman–Crippen MR) is 74.1 cm³/mol. The van der Waals surface area contributed by atoms with Gasteiger partial charge in [0.25, 0.3) is 0 Å². The van der Waals surface area contributed by atoms with Crippen LogP contribution < -0.4 is 5.73 Å². The average molecular weight is 265 g/mol. The third-order valence-corrected chi connectivity index (χ3v) is 3.76. The van der Waals surface area contributed by atoms with Crippen LogP contribution in [0.2, 0.25) is 0 Å². The molecule has 2 rings (SSSR count). The summed E-state index contributed by atoms with van der Waals surface area (Å²) in [6.07, 6.45) is 11.7. The lowest BCUT2D eigenvalue weighted by Crippen LogP contribution is -2.41. The summed E-state index contributed by atoms with van der Waals surface area (Å²) in [4.78, 5) is 6.38. The van der Waals surface area contributed by atoms with Crippen molar-refractivity contribution in [1.29, 1.82) is 0 Å². The van der Waals surface area contributed by atoms with Crippen LogP contribution in [0.25, 0.3) is 0 Å². The Labute approximate surface area is 113 Å². The molecule has 1 aliphatic carbocycles. The van der Waals surface area contributed by atoms with Crippen LogP contribution in [0.5, 0.6) is 0 Å². The van der Waals surface area contributed by atoms with Crippen molar-refractivity contribution in [3.8, 4) is 0 Å². The zero-order valence-electron chi connectivity index (χ0n) is 11.3. The van der Waals surface area contributed by atoms with E-state index in [2.05, 4.69) is 19.6 Å². The monoisotopic (exact) mass is 265 g/mol. The molecule has 0 amide bonds. The first-order valence-electron chi connectivity index (χ1n) is 6.96. The predicted octanol–water partition coefficient (Wildman–Crippen LogP) is 1.26. The quantitative estimate of drug-likeness (QED) is 0.337. The maximum Gasteiger partial charge on any atom is 0.153 e. The number of imidazole rings is 1. The van der Waals surface area contributed by atoms with Gasteiger partial charge in [0.1, 0.15) is 0 Å². The fourth-order valence-corrected chi connectivity index (χ4v) is 2.78. The van der Waals surface area contributed by atoms with Gasteiger partial charge in [-0.3, -0.25) is 4.90 Å². The molecule has 106 valence electrons. The Balaban J connectivity index is 1.82. The molecule has 0 aromatic carbocycles. The molecule has 1 saturated carbocycles. The van der Waals surface area contributed by atoms with Gasteiger partial charge < -0.3 is 15.5 Å². The minimum atomic E-state index is 0.300. The molecule has 1 heterocycles. The van der Waals surface area contributed by atoms with Gasteiger partial charge in [-0.1, -0.05) is 18.0 Å². The fourth-order valence-electron chi connectivity index (χ4n) is 2.78. The maximum atomic E-state index is 8.73. The topological polar surface area (TPSA) is 79.7 Å². The second kappa shape index (κ2) is 7.13. The molecule has 3 N–H and O–H groups in total. The Kier molecular flexibility index (Phi) is 5.20. The molecule has 0 saturated heterocycles. The number of hydrogen-bond acceptors (Lipinski definition) is 4. The Hall–Kier alpha value is -1.56. The molecule has 6 heteroatoms. The van der Waals surface area contributed by atoms with Gasteiger partial charge in [0, 0.05) is 31.5 Å². The maximum absolute atomic E-state index is 8.73. The van der Waals surface area contributed by atoms with Crippen molar-refractivity contribution < 1.29 is 5.21 Å². The zero-order valence-corrected chi connectivity index (χ0v) is 11.3. The van der Waals surface area contributed by atoms with Crippen molar-refractivity contribution >= 4 is 5.84 Å². The molecule has 1 aliphatic rings. The van der Waals surface area contributed by atoms with Crippen molar-refractivity contribution in [3.05, 3.63) is 18.7 Å². The summed E-state index contributed by atoms with van der Waals surface area (Å²) in [5, 5.41) is 11.8. The Morgan fingerprint density at radius 1 is 1.47 bits per heavy atom. The van der Waals surface area contributed by atoms with E-state index in [0.29, 0.717) is 18.4 Å². The highest BCUT2D eigenvalue weighted by atomic mass is 16.4. The number of nitrogens with zero attached hydrogens (tertiary/aromatic N) is 4. The van der Waals surface area contributed by atoms with Crippen LogP contribution in [0.1, 0.15) is 32.1 Å². The summed E-state index contributed by atoms with van der Waals surface area (Å²) in [5.74, 6) is 0.300. The van der Waals surface area contributed by atoms with Gasteiger partial charge in [-0.05, 0) is 19.3 Å². The van der Waals surface area contributed by atoms with E-state index in [1.165, 1.54) is 25.7 Å². The number of aromatic nitrogens is 2. The molecular weight excluding hydrogens is 242 g/mol. The minimum Gasteiger partial charge on any atom is -0.409 e. The Morgan fingerprint density at radius 3 is 2.89 bits per heavy atom. The molecule has 0 atom stereocenters. The van der Waals surface area contributed by atoms with Crippen molar-refractivity contribution in [2.45, 2.75) is 44.7 Å². The molecule has 0 bridgehead atoms. The SMILES string of the molecule is NC(CN(CCCn1ccnc1)C1CCCC1)=NO. The Bertz CT molecular complexity index is 384. The molecule has 0 aliphatic heterocycles. The standard InChI is InChI=1S/C13H23N5O/c14-13(16-19)10-18(12-4-1-2-5-12)8-3-7-17-9-6-15-11-17/h6,9,11-12,19H,1-5,7-8,10H2,(H2,14,16).